The number of primary amides is 1. The predicted octanol–water partition coefficient (Wildman–Crippen LogP) is 5.02. The lowest BCUT2D eigenvalue weighted by Crippen LogP contribution is -2.46. The van der Waals surface area contributed by atoms with Gasteiger partial charge in [-0.05, 0) is 41.5 Å². The molecule has 0 spiro atoms. The number of fused-ring (bicyclic) bond motifs is 1. The third kappa shape index (κ3) is 6.08. The van der Waals surface area contributed by atoms with Crippen molar-refractivity contribution in [1.29, 1.82) is 0 Å². The molecule has 2 heterocycles. The predicted molar refractivity (Wildman–Crippen MR) is 156 cm³/mol. The standard InChI is InChI=1S/C30H29Cl2N5O3/c1-36(27-16-34-18-37(27)17-20-7-11-22(32)12-8-20)26-13-14-40-28-23(26)3-2-4-24(28)30(39)35-25(29(33)38)15-19-5-9-21(31)10-6-19/h2-12,16,18,25-26H,13-15,17H2,1H3,(H2,33,38)(H,35,39)/t25-,26-/m0/s1. The summed E-state index contributed by atoms with van der Waals surface area (Å²) < 4.78 is 8.10. The van der Waals surface area contributed by atoms with E-state index in [1.807, 2.05) is 49.6 Å². The molecule has 1 aliphatic rings. The number of aromatic nitrogens is 2. The number of hydrogen-bond acceptors (Lipinski definition) is 5. The van der Waals surface area contributed by atoms with Gasteiger partial charge in [-0.1, -0.05) is 59.6 Å². The van der Waals surface area contributed by atoms with Crippen molar-refractivity contribution in [3.63, 3.8) is 0 Å². The number of nitrogens with one attached hydrogen (secondary N) is 1. The van der Waals surface area contributed by atoms with Crippen LogP contribution in [0.4, 0.5) is 5.82 Å². The average Bonchev–Trinajstić information content (AvgIpc) is 3.42. The van der Waals surface area contributed by atoms with E-state index in [0.717, 1.165) is 28.9 Å². The maximum Gasteiger partial charge on any atom is 0.255 e. The number of ether oxygens (including phenoxy) is 1. The zero-order chi connectivity index (χ0) is 28.2. The first kappa shape index (κ1) is 27.6. The first-order valence-electron chi connectivity index (χ1n) is 12.9. The first-order chi connectivity index (χ1) is 19.3. The van der Waals surface area contributed by atoms with Crippen molar-refractivity contribution in [3.05, 3.63) is 112 Å². The van der Waals surface area contributed by atoms with Crippen LogP contribution in [0.1, 0.15) is 39.5 Å². The maximum absolute atomic E-state index is 13.4. The Morgan fingerprint density at radius 2 is 1.75 bits per heavy atom. The first-order valence-corrected chi connectivity index (χ1v) is 13.6. The van der Waals surface area contributed by atoms with E-state index in [4.69, 9.17) is 33.7 Å². The molecule has 2 amide bonds. The quantitative estimate of drug-likeness (QED) is 0.290. The highest BCUT2D eigenvalue weighted by molar-refractivity contribution is 6.30. The molecule has 0 saturated carbocycles. The lowest BCUT2D eigenvalue weighted by Gasteiger charge is -2.35. The Kier molecular flexibility index (Phi) is 8.28. The Bertz CT molecular complexity index is 1500. The van der Waals surface area contributed by atoms with Crippen LogP contribution in [-0.2, 0) is 17.8 Å². The van der Waals surface area contributed by atoms with Crippen molar-refractivity contribution in [3.8, 4) is 5.75 Å². The van der Waals surface area contributed by atoms with Crippen LogP contribution in [0.15, 0.2) is 79.3 Å². The molecule has 0 radical (unpaired) electrons. The monoisotopic (exact) mass is 577 g/mol. The molecule has 0 aliphatic carbocycles. The molecule has 2 atom stereocenters. The van der Waals surface area contributed by atoms with Gasteiger partial charge < -0.3 is 25.3 Å². The molecule has 40 heavy (non-hydrogen) atoms. The Labute approximate surface area is 242 Å². The Morgan fingerprint density at radius 1 is 1.07 bits per heavy atom. The summed E-state index contributed by atoms with van der Waals surface area (Å²) in [6.45, 7) is 1.07. The van der Waals surface area contributed by atoms with Crippen molar-refractivity contribution < 1.29 is 14.3 Å². The molecule has 206 valence electrons. The van der Waals surface area contributed by atoms with E-state index in [9.17, 15) is 9.59 Å². The summed E-state index contributed by atoms with van der Waals surface area (Å²) in [7, 11) is 2.01. The van der Waals surface area contributed by atoms with Crippen LogP contribution in [-0.4, -0.2) is 41.1 Å². The number of anilines is 1. The fraction of sp³-hybridized carbons (Fsp3) is 0.233. The van der Waals surface area contributed by atoms with E-state index in [-0.39, 0.29) is 12.5 Å². The van der Waals surface area contributed by atoms with E-state index in [0.29, 0.717) is 34.5 Å². The Morgan fingerprint density at radius 3 is 2.42 bits per heavy atom. The second kappa shape index (κ2) is 12.0. The van der Waals surface area contributed by atoms with E-state index in [1.165, 1.54) is 0 Å². The number of hydrogen-bond donors (Lipinski definition) is 2. The fourth-order valence-corrected chi connectivity index (χ4v) is 5.23. The molecule has 0 saturated heterocycles. The van der Waals surface area contributed by atoms with Crippen LogP contribution in [0.3, 0.4) is 0 Å². The van der Waals surface area contributed by atoms with Gasteiger partial charge in [-0.2, -0.15) is 0 Å². The molecule has 1 aliphatic heterocycles. The second-order valence-corrected chi connectivity index (χ2v) is 10.6. The highest BCUT2D eigenvalue weighted by atomic mass is 35.5. The van der Waals surface area contributed by atoms with Crippen LogP contribution in [0.25, 0.3) is 0 Å². The van der Waals surface area contributed by atoms with Crippen molar-refractivity contribution in [1.82, 2.24) is 14.9 Å². The average molecular weight is 579 g/mol. The van der Waals surface area contributed by atoms with Crippen molar-refractivity contribution in [2.75, 3.05) is 18.6 Å². The summed E-state index contributed by atoms with van der Waals surface area (Å²) in [5.41, 5.74) is 8.81. The molecular weight excluding hydrogens is 549 g/mol. The normalized spacial score (nSPS) is 15.0. The SMILES string of the molecule is CN(c1cncn1Cc1ccc(Cl)cc1)[C@H]1CCOc2c(C(=O)N[C@@H](Cc3ccc(Cl)cc3)C(N)=O)cccc21. The van der Waals surface area contributed by atoms with Gasteiger partial charge in [0.2, 0.25) is 5.91 Å². The van der Waals surface area contributed by atoms with Gasteiger partial charge >= 0.3 is 0 Å². The molecule has 1 aromatic heterocycles. The van der Waals surface area contributed by atoms with Gasteiger partial charge in [-0.3, -0.25) is 9.59 Å². The van der Waals surface area contributed by atoms with Crippen LogP contribution in [0, 0.1) is 0 Å². The van der Waals surface area contributed by atoms with Gasteiger partial charge in [0.25, 0.3) is 5.91 Å². The molecule has 3 aromatic carbocycles. The van der Waals surface area contributed by atoms with Crippen LogP contribution < -0.4 is 20.7 Å². The lowest BCUT2D eigenvalue weighted by molar-refractivity contribution is -0.119. The van der Waals surface area contributed by atoms with Gasteiger partial charge in [0.1, 0.15) is 17.6 Å². The third-order valence-corrected chi connectivity index (χ3v) is 7.58. The highest BCUT2D eigenvalue weighted by Crippen LogP contribution is 2.39. The van der Waals surface area contributed by atoms with Crippen LogP contribution in [0.2, 0.25) is 10.0 Å². The molecule has 4 aromatic rings. The highest BCUT2D eigenvalue weighted by Gasteiger charge is 2.31. The summed E-state index contributed by atoms with van der Waals surface area (Å²) in [6, 6.07) is 19.3. The summed E-state index contributed by atoms with van der Waals surface area (Å²) in [6.07, 6.45) is 4.60. The number of nitrogens with zero attached hydrogens (tertiary/aromatic N) is 3. The minimum absolute atomic E-state index is 0.0572. The Hall–Kier alpha value is -4.01. The molecule has 10 heteroatoms. The minimum atomic E-state index is -0.895. The third-order valence-electron chi connectivity index (χ3n) is 7.07. The van der Waals surface area contributed by atoms with E-state index in [2.05, 4.69) is 19.8 Å². The second-order valence-electron chi connectivity index (χ2n) is 9.75. The number of rotatable bonds is 9. The van der Waals surface area contributed by atoms with E-state index >= 15 is 0 Å². The van der Waals surface area contributed by atoms with Gasteiger partial charge in [0.05, 0.1) is 37.3 Å². The molecule has 8 nitrogen and oxygen atoms in total. The number of carbonyl (C=O) groups excluding carboxylic acids is 2. The smallest absolute Gasteiger partial charge is 0.255 e. The minimum Gasteiger partial charge on any atom is -0.492 e. The van der Waals surface area contributed by atoms with Gasteiger partial charge in [0.15, 0.2) is 0 Å². The molecule has 0 bridgehead atoms. The van der Waals surface area contributed by atoms with E-state index < -0.39 is 17.9 Å². The number of halogens is 2. The van der Waals surface area contributed by atoms with Gasteiger partial charge in [-0.15, -0.1) is 0 Å². The van der Waals surface area contributed by atoms with E-state index in [1.54, 1.807) is 36.7 Å². The number of imidazole rings is 1. The van der Waals surface area contributed by atoms with Crippen LogP contribution >= 0.6 is 23.2 Å². The molecule has 3 N–H and O–H groups in total. The van der Waals surface area contributed by atoms with Gasteiger partial charge in [-0.25, -0.2) is 4.98 Å². The molecule has 5 rings (SSSR count). The van der Waals surface area contributed by atoms with Crippen molar-refractivity contribution in [2.45, 2.75) is 31.5 Å². The number of carbonyl (C=O) groups is 2. The summed E-state index contributed by atoms with van der Waals surface area (Å²) in [4.78, 5) is 32.2. The number of nitrogens with two attached hydrogens (primary N) is 1. The summed E-state index contributed by atoms with van der Waals surface area (Å²) in [5.74, 6) is 0.382. The topological polar surface area (TPSA) is 102 Å². The summed E-state index contributed by atoms with van der Waals surface area (Å²) in [5, 5.41) is 4.07. The Balaban J connectivity index is 1.36. The zero-order valence-corrected chi connectivity index (χ0v) is 23.4. The van der Waals surface area contributed by atoms with Crippen molar-refractivity contribution >= 4 is 40.8 Å². The number of amides is 2. The number of para-hydroxylation sites is 1. The number of benzene rings is 3. The molecule has 0 fully saturated rings. The largest absolute Gasteiger partial charge is 0.492 e. The maximum atomic E-state index is 13.4. The molecule has 0 unspecified atom stereocenters. The van der Waals surface area contributed by atoms with Crippen molar-refractivity contribution in [2.24, 2.45) is 5.73 Å². The molecular formula is C30H29Cl2N5O3. The lowest BCUT2D eigenvalue weighted by atomic mass is 9.95. The fourth-order valence-electron chi connectivity index (χ4n) is 4.98. The summed E-state index contributed by atoms with van der Waals surface area (Å²) >= 11 is 12.0. The zero-order valence-electron chi connectivity index (χ0n) is 21.9. The van der Waals surface area contributed by atoms with Gasteiger partial charge in [0, 0.05) is 35.5 Å². The van der Waals surface area contributed by atoms with Crippen LogP contribution in [0.5, 0.6) is 5.75 Å².